The van der Waals surface area contributed by atoms with Crippen LogP contribution in [0.2, 0.25) is 0 Å². The van der Waals surface area contributed by atoms with E-state index >= 15 is 0 Å². The first-order valence-corrected chi connectivity index (χ1v) is 5.89. The average molecular weight is 214 g/mol. The summed E-state index contributed by atoms with van der Waals surface area (Å²) in [6.45, 7) is 3.45. The maximum absolute atomic E-state index is 11.1. The van der Waals surface area contributed by atoms with E-state index in [1.165, 1.54) is 6.20 Å². The summed E-state index contributed by atoms with van der Waals surface area (Å²) in [6, 6.07) is 1.65. The van der Waals surface area contributed by atoms with Crippen molar-refractivity contribution < 1.29 is 8.42 Å². The number of nitrogens with zero attached hydrogens (tertiary/aromatic N) is 2. The minimum Gasteiger partial charge on any atom is -0.234 e. The van der Waals surface area contributed by atoms with Crippen LogP contribution in [-0.4, -0.2) is 24.6 Å². The lowest BCUT2D eigenvalue weighted by Gasteiger charge is -2.23. The van der Waals surface area contributed by atoms with Crippen molar-refractivity contribution in [2.75, 3.05) is 6.26 Å². The van der Waals surface area contributed by atoms with E-state index in [0.717, 1.165) is 6.26 Å². The molecule has 5 nitrogen and oxygen atoms in total. The van der Waals surface area contributed by atoms with Gasteiger partial charge in [0, 0.05) is 6.20 Å². The minimum absolute atomic E-state index is 0.581. The van der Waals surface area contributed by atoms with E-state index in [4.69, 9.17) is 0 Å². The summed E-state index contributed by atoms with van der Waals surface area (Å²) >= 11 is 0. The van der Waals surface area contributed by atoms with Crippen LogP contribution >= 0.6 is 0 Å². The van der Waals surface area contributed by atoms with Crippen LogP contribution in [0.3, 0.4) is 0 Å². The Hall–Kier alpha value is -1.01. The molecular formula is C8H12N3O2S. The molecule has 1 aromatic rings. The summed E-state index contributed by atoms with van der Waals surface area (Å²) in [5.74, 6) is 0. The summed E-state index contributed by atoms with van der Waals surface area (Å²) < 4.78 is 24.6. The summed E-state index contributed by atoms with van der Waals surface area (Å²) in [5.41, 5.74) is -0.162. The highest BCUT2D eigenvalue weighted by atomic mass is 32.2. The van der Waals surface area contributed by atoms with Crippen LogP contribution < -0.4 is 4.72 Å². The Morgan fingerprint density at radius 2 is 2.14 bits per heavy atom. The van der Waals surface area contributed by atoms with Crippen molar-refractivity contribution in [2.45, 2.75) is 19.4 Å². The molecule has 1 aromatic heterocycles. The standard InChI is InChI=1S/C8H12N3O2S/c1-8(2,11-14(3,12)13)7-4-5-9-6-10-7/h4-5,11H,1-3H3. The quantitative estimate of drug-likeness (QED) is 0.772. The van der Waals surface area contributed by atoms with Gasteiger partial charge in [-0.15, -0.1) is 0 Å². The number of nitrogens with one attached hydrogen (secondary N) is 1. The molecular weight excluding hydrogens is 202 g/mol. The molecule has 1 N–H and O–H groups in total. The highest BCUT2D eigenvalue weighted by Gasteiger charge is 2.25. The fraction of sp³-hybridized carbons (Fsp3) is 0.500. The fourth-order valence-electron chi connectivity index (χ4n) is 1.13. The molecule has 6 heteroatoms. The Morgan fingerprint density at radius 3 is 2.57 bits per heavy atom. The fourth-order valence-corrected chi connectivity index (χ4v) is 2.16. The first-order chi connectivity index (χ1) is 6.31. The third-order valence-corrected chi connectivity index (χ3v) is 2.50. The topological polar surface area (TPSA) is 72.0 Å². The first-order valence-electron chi connectivity index (χ1n) is 4.00. The number of rotatable bonds is 3. The molecule has 0 saturated heterocycles. The van der Waals surface area contributed by atoms with E-state index < -0.39 is 15.6 Å². The van der Waals surface area contributed by atoms with E-state index in [0.29, 0.717) is 5.69 Å². The highest BCUT2D eigenvalue weighted by molar-refractivity contribution is 7.88. The molecule has 0 aliphatic carbocycles. The van der Waals surface area contributed by atoms with Gasteiger partial charge >= 0.3 is 0 Å². The second-order valence-corrected chi connectivity index (χ2v) is 5.29. The predicted octanol–water partition coefficient (Wildman–Crippen LogP) is 0.0611. The molecule has 1 rings (SSSR count). The van der Waals surface area contributed by atoms with Crippen molar-refractivity contribution in [3.63, 3.8) is 0 Å². The lowest BCUT2D eigenvalue weighted by Crippen LogP contribution is -2.40. The van der Waals surface area contributed by atoms with Gasteiger partial charge in [-0.1, -0.05) is 0 Å². The zero-order chi connectivity index (χ0) is 10.8. The van der Waals surface area contributed by atoms with Gasteiger partial charge in [-0.25, -0.2) is 23.1 Å². The normalized spacial score (nSPS) is 12.8. The zero-order valence-corrected chi connectivity index (χ0v) is 9.09. The van der Waals surface area contributed by atoms with E-state index in [1.807, 2.05) is 0 Å². The molecule has 0 bridgehead atoms. The van der Waals surface area contributed by atoms with Crippen molar-refractivity contribution in [1.29, 1.82) is 0 Å². The van der Waals surface area contributed by atoms with Crippen LogP contribution in [0.5, 0.6) is 0 Å². The largest absolute Gasteiger partial charge is 0.234 e. The molecule has 0 amide bonds. The molecule has 0 spiro atoms. The van der Waals surface area contributed by atoms with Crippen LogP contribution in [0, 0.1) is 6.33 Å². The minimum atomic E-state index is -3.25. The van der Waals surface area contributed by atoms with Crippen molar-refractivity contribution >= 4 is 10.0 Å². The molecule has 1 radical (unpaired) electrons. The maximum atomic E-state index is 11.1. The maximum Gasteiger partial charge on any atom is 0.209 e. The molecule has 0 fully saturated rings. The molecule has 14 heavy (non-hydrogen) atoms. The van der Waals surface area contributed by atoms with E-state index in [9.17, 15) is 8.42 Å². The number of hydrogen-bond donors (Lipinski definition) is 1. The molecule has 0 aromatic carbocycles. The Morgan fingerprint density at radius 1 is 1.50 bits per heavy atom. The van der Waals surface area contributed by atoms with Gasteiger partial charge in [0.15, 0.2) is 6.33 Å². The molecule has 77 valence electrons. The van der Waals surface area contributed by atoms with E-state index in [2.05, 4.69) is 21.0 Å². The molecule has 0 aliphatic rings. The van der Waals surface area contributed by atoms with E-state index in [1.54, 1.807) is 19.9 Å². The van der Waals surface area contributed by atoms with Crippen LogP contribution in [0.15, 0.2) is 12.3 Å². The third kappa shape index (κ3) is 3.04. The smallest absolute Gasteiger partial charge is 0.209 e. The monoisotopic (exact) mass is 214 g/mol. The summed E-state index contributed by atoms with van der Waals surface area (Å²) in [5, 5.41) is 0. The predicted molar refractivity (Wildman–Crippen MR) is 51.9 cm³/mol. The molecule has 0 atom stereocenters. The average Bonchev–Trinajstić information content (AvgIpc) is 2.01. The van der Waals surface area contributed by atoms with Crippen LogP contribution in [0.1, 0.15) is 19.5 Å². The van der Waals surface area contributed by atoms with Crippen molar-refractivity contribution in [3.05, 3.63) is 24.3 Å². The Bertz CT molecular complexity index is 400. The van der Waals surface area contributed by atoms with Crippen molar-refractivity contribution in [3.8, 4) is 0 Å². The molecule has 0 saturated carbocycles. The SMILES string of the molecule is CC(C)(NS(C)(=O)=O)c1ccn[c]n1. The summed E-state index contributed by atoms with van der Waals surface area (Å²) in [4.78, 5) is 7.51. The molecule has 1 heterocycles. The third-order valence-electron chi connectivity index (χ3n) is 1.62. The Labute approximate surface area is 83.6 Å². The summed E-state index contributed by atoms with van der Waals surface area (Å²) in [6.07, 6.45) is 5.05. The van der Waals surface area contributed by atoms with Gasteiger partial charge in [-0.2, -0.15) is 0 Å². The zero-order valence-electron chi connectivity index (χ0n) is 8.27. The molecule has 0 aliphatic heterocycles. The van der Waals surface area contributed by atoms with Gasteiger partial charge in [0.2, 0.25) is 10.0 Å². The summed E-state index contributed by atoms with van der Waals surface area (Å²) in [7, 11) is -3.25. The van der Waals surface area contributed by atoms with Gasteiger partial charge in [0.25, 0.3) is 0 Å². The number of aromatic nitrogens is 2. The van der Waals surface area contributed by atoms with Crippen LogP contribution in [0.25, 0.3) is 0 Å². The van der Waals surface area contributed by atoms with Gasteiger partial charge in [0.05, 0.1) is 17.5 Å². The van der Waals surface area contributed by atoms with Crippen LogP contribution in [-0.2, 0) is 15.6 Å². The number of sulfonamides is 1. The van der Waals surface area contributed by atoms with Gasteiger partial charge in [-0.3, -0.25) is 0 Å². The van der Waals surface area contributed by atoms with Gasteiger partial charge in [-0.05, 0) is 19.9 Å². The Kier molecular flexibility index (Phi) is 2.86. The second-order valence-electron chi connectivity index (χ2n) is 3.54. The van der Waals surface area contributed by atoms with E-state index in [-0.39, 0.29) is 0 Å². The lowest BCUT2D eigenvalue weighted by atomic mass is 10.0. The lowest BCUT2D eigenvalue weighted by molar-refractivity contribution is 0.461. The first kappa shape index (κ1) is 11.1. The molecule has 0 unspecified atom stereocenters. The van der Waals surface area contributed by atoms with Crippen molar-refractivity contribution in [1.82, 2.24) is 14.7 Å². The van der Waals surface area contributed by atoms with Crippen molar-refractivity contribution in [2.24, 2.45) is 0 Å². The highest BCUT2D eigenvalue weighted by Crippen LogP contribution is 2.16. The Balaban J connectivity index is 2.97. The second kappa shape index (κ2) is 3.62. The van der Waals surface area contributed by atoms with Gasteiger partial charge in [0.1, 0.15) is 0 Å². The van der Waals surface area contributed by atoms with Gasteiger partial charge < -0.3 is 0 Å². The number of hydrogen-bond acceptors (Lipinski definition) is 4. The van der Waals surface area contributed by atoms with Crippen LogP contribution in [0.4, 0.5) is 0 Å².